The molecule has 0 aromatic carbocycles. The van der Waals surface area contributed by atoms with E-state index in [1.54, 1.807) is 7.05 Å². The summed E-state index contributed by atoms with van der Waals surface area (Å²) >= 11 is 0. The average molecular weight is 210 g/mol. The van der Waals surface area contributed by atoms with Gasteiger partial charge in [0.25, 0.3) is 0 Å². The Morgan fingerprint density at radius 3 is 2.67 bits per heavy atom. The molecule has 1 aromatic rings. The Labute approximate surface area is 89.6 Å². The number of nitrogens with zero attached hydrogens (tertiary/aromatic N) is 5. The molecule has 6 nitrogen and oxygen atoms in total. The molecular formula is C9H18N6. The third-order valence-electron chi connectivity index (χ3n) is 2.91. The highest BCUT2D eigenvalue weighted by Gasteiger charge is 2.18. The number of aryl methyl sites for hydroxylation is 1. The number of piperidine rings is 1. The number of rotatable bonds is 3. The van der Waals surface area contributed by atoms with Crippen LogP contribution in [0.25, 0.3) is 0 Å². The lowest BCUT2D eigenvalue weighted by Gasteiger charge is -2.30. The molecule has 2 heterocycles. The molecule has 1 N–H and O–H groups in total. The molecule has 1 aromatic heterocycles. The molecule has 1 aliphatic heterocycles. The van der Waals surface area contributed by atoms with E-state index in [0.29, 0.717) is 6.04 Å². The molecule has 1 fully saturated rings. The van der Waals surface area contributed by atoms with Crippen molar-refractivity contribution in [3.63, 3.8) is 0 Å². The summed E-state index contributed by atoms with van der Waals surface area (Å²) in [7, 11) is 3.83. The molecule has 0 radical (unpaired) electrons. The normalized spacial score (nSPS) is 19.6. The van der Waals surface area contributed by atoms with Crippen LogP contribution in [0.4, 0.5) is 0 Å². The molecule has 0 unspecified atom stereocenters. The quantitative estimate of drug-likeness (QED) is 0.721. The molecule has 0 bridgehead atoms. The molecule has 0 saturated carbocycles. The van der Waals surface area contributed by atoms with Crippen LogP contribution in [0.1, 0.15) is 18.7 Å². The fourth-order valence-corrected chi connectivity index (χ4v) is 1.97. The third-order valence-corrected chi connectivity index (χ3v) is 2.91. The summed E-state index contributed by atoms with van der Waals surface area (Å²) in [5, 5.41) is 15.3. The zero-order valence-corrected chi connectivity index (χ0v) is 9.35. The predicted octanol–water partition coefficient (Wildman–Crippen LogP) is -0.606. The highest BCUT2D eigenvalue weighted by molar-refractivity contribution is 4.81. The maximum absolute atomic E-state index is 4.18. The van der Waals surface area contributed by atoms with Crippen LogP contribution >= 0.6 is 0 Å². The lowest BCUT2D eigenvalue weighted by molar-refractivity contribution is 0.190. The first kappa shape index (κ1) is 10.5. The van der Waals surface area contributed by atoms with E-state index in [-0.39, 0.29) is 0 Å². The Morgan fingerprint density at radius 2 is 2.13 bits per heavy atom. The maximum atomic E-state index is 4.18. The second kappa shape index (κ2) is 4.67. The number of tetrazole rings is 1. The average Bonchev–Trinajstić information content (AvgIpc) is 2.65. The van der Waals surface area contributed by atoms with Crippen LogP contribution < -0.4 is 5.32 Å². The first-order valence-corrected chi connectivity index (χ1v) is 5.40. The van der Waals surface area contributed by atoms with Crippen molar-refractivity contribution < 1.29 is 0 Å². The van der Waals surface area contributed by atoms with Crippen molar-refractivity contribution in [3.05, 3.63) is 5.82 Å². The SMILES string of the molecule is CNC1CCN(Cc2nnn(C)n2)CC1. The second-order valence-corrected chi connectivity index (χ2v) is 4.03. The van der Waals surface area contributed by atoms with Crippen LogP contribution in [-0.2, 0) is 13.6 Å². The molecule has 15 heavy (non-hydrogen) atoms. The van der Waals surface area contributed by atoms with Crippen molar-refractivity contribution in [1.29, 1.82) is 0 Å². The summed E-state index contributed by atoms with van der Waals surface area (Å²) in [4.78, 5) is 3.89. The molecule has 1 aliphatic rings. The molecule has 6 heteroatoms. The van der Waals surface area contributed by atoms with E-state index in [0.717, 1.165) is 25.5 Å². The van der Waals surface area contributed by atoms with Gasteiger partial charge >= 0.3 is 0 Å². The molecule has 0 spiro atoms. The molecule has 2 rings (SSSR count). The molecule has 1 saturated heterocycles. The minimum absolute atomic E-state index is 0.677. The molecule has 0 amide bonds. The van der Waals surface area contributed by atoms with Gasteiger partial charge in [0.2, 0.25) is 0 Å². The van der Waals surface area contributed by atoms with Gasteiger partial charge in [0.1, 0.15) is 0 Å². The molecule has 0 aliphatic carbocycles. The van der Waals surface area contributed by atoms with E-state index in [2.05, 4.69) is 25.6 Å². The van der Waals surface area contributed by atoms with Crippen molar-refractivity contribution in [3.8, 4) is 0 Å². The third kappa shape index (κ3) is 2.73. The summed E-state index contributed by atoms with van der Waals surface area (Å²) in [6.07, 6.45) is 2.41. The van der Waals surface area contributed by atoms with Gasteiger partial charge in [-0.05, 0) is 25.1 Å². The summed E-state index contributed by atoms with van der Waals surface area (Å²) in [6, 6.07) is 0.677. The van der Waals surface area contributed by atoms with Gasteiger partial charge in [-0.3, -0.25) is 4.90 Å². The largest absolute Gasteiger partial charge is 0.317 e. The summed E-state index contributed by atoms with van der Waals surface area (Å²) in [5.74, 6) is 0.820. The van der Waals surface area contributed by atoms with E-state index in [1.165, 1.54) is 17.6 Å². The fourth-order valence-electron chi connectivity index (χ4n) is 1.97. The minimum Gasteiger partial charge on any atom is -0.317 e. The summed E-state index contributed by atoms with van der Waals surface area (Å²) < 4.78 is 0. The van der Waals surface area contributed by atoms with Gasteiger partial charge in [0.05, 0.1) is 13.6 Å². The standard InChI is InChI=1S/C9H18N6/c1-10-8-3-5-15(6-4-8)7-9-11-13-14(2)12-9/h8,10H,3-7H2,1-2H3. The minimum atomic E-state index is 0.677. The first-order chi connectivity index (χ1) is 7.28. The number of likely N-dealkylation sites (tertiary alicyclic amines) is 1. The highest BCUT2D eigenvalue weighted by Crippen LogP contribution is 2.11. The van der Waals surface area contributed by atoms with Crippen LogP contribution in [0.2, 0.25) is 0 Å². The Balaban J connectivity index is 1.82. The lowest BCUT2D eigenvalue weighted by atomic mass is 10.1. The van der Waals surface area contributed by atoms with Crippen LogP contribution in [0, 0.1) is 0 Å². The van der Waals surface area contributed by atoms with Crippen LogP contribution in [0.15, 0.2) is 0 Å². The van der Waals surface area contributed by atoms with E-state index in [9.17, 15) is 0 Å². The van der Waals surface area contributed by atoms with Crippen molar-refractivity contribution in [2.45, 2.75) is 25.4 Å². The molecule has 0 atom stereocenters. The van der Waals surface area contributed by atoms with Gasteiger partial charge in [-0.25, -0.2) is 0 Å². The van der Waals surface area contributed by atoms with E-state index >= 15 is 0 Å². The number of aromatic nitrogens is 4. The number of nitrogens with one attached hydrogen (secondary N) is 1. The highest BCUT2D eigenvalue weighted by atomic mass is 15.6. The van der Waals surface area contributed by atoms with E-state index in [4.69, 9.17) is 0 Å². The van der Waals surface area contributed by atoms with Gasteiger partial charge < -0.3 is 5.32 Å². The monoisotopic (exact) mass is 210 g/mol. The van der Waals surface area contributed by atoms with Crippen molar-refractivity contribution >= 4 is 0 Å². The maximum Gasteiger partial charge on any atom is 0.188 e. The fraction of sp³-hybridized carbons (Fsp3) is 0.889. The van der Waals surface area contributed by atoms with Gasteiger partial charge in [-0.1, -0.05) is 0 Å². The number of hydrogen-bond acceptors (Lipinski definition) is 5. The molecule has 84 valence electrons. The Kier molecular flexibility index (Phi) is 3.27. The zero-order chi connectivity index (χ0) is 10.7. The Hall–Kier alpha value is -1.01. The summed E-state index contributed by atoms with van der Waals surface area (Å²) in [6.45, 7) is 3.05. The number of hydrogen-bond donors (Lipinski definition) is 1. The first-order valence-electron chi connectivity index (χ1n) is 5.40. The van der Waals surface area contributed by atoms with Gasteiger partial charge in [0, 0.05) is 19.1 Å². The Bertz CT molecular complexity index is 301. The van der Waals surface area contributed by atoms with Crippen molar-refractivity contribution in [2.24, 2.45) is 7.05 Å². The topological polar surface area (TPSA) is 58.9 Å². The van der Waals surface area contributed by atoms with Crippen LogP contribution in [0.5, 0.6) is 0 Å². The lowest BCUT2D eigenvalue weighted by Crippen LogP contribution is -2.40. The van der Waals surface area contributed by atoms with E-state index in [1.807, 2.05) is 7.05 Å². The van der Waals surface area contributed by atoms with Crippen LogP contribution in [0.3, 0.4) is 0 Å². The van der Waals surface area contributed by atoms with E-state index < -0.39 is 0 Å². The van der Waals surface area contributed by atoms with Crippen LogP contribution in [-0.4, -0.2) is 51.3 Å². The zero-order valence-electron chi connectivity index (χ0n) is 9.35. The second-order valence-electron chi connectivity index (χ2n) is 4.03. The van der Waals surface area contributed by atoms with Crippen molar-refractivity contribution in [1.82, 2.24) is 30.4 Å². The smallest absolute Gasteiger partial charge is 0.188 e. The predicted molar refractivity (Wildman–Crippen MR) is 56.2 cm³/mol. The molecular weight excluding hydrogens is 192 g/mol. The van der Waals surface area contributed by atoms with Gasteiger partial charge in [0.15, 0.2) is 5.82 Å². The summed E-state index contributed by atoms with van der Waals surface area (Å²) in [5.41, 5.74) is 0. The Morgan fingerprint density at radius 1 is 1.40 bits per heavy atom. The van der Waals surface area contributed by atoms with Crippen molar-refractivity contribution in [2.75, 3.05) is 20.1 Å². The van der Waals surface area contributed by atoms with Gasteiger partial charge in [-0.2, -0.15) is 4.80 Å². The van der Waals surface area contributed by atoms with Gasteiger partial charge in [-0.15, -0.1) is 10.2 Å².